The first-order valence-corrected chi connectivity index (χ1v) is 6.96. The van der Waals surface area contributed by atoms with Gasteiger partial charge in [0.1, 0.15) is 10.7 Å². The highest BCUT2D eigenvalue weighted by atomic mass is 32.1. The fraction of sp³-hybridized carbons (Fsp3) is 0.214. The van der Waals surface area contributed by atoms with Gasteiger partial charge in [0.05, 0.1) is 11.6 Å². The highest BCUT2D eigenvalue weighted by molar-refractivity contribution is 7.14. The number of nitrogens with zero attached hydrogens (tertiary/aromatic N) is 3. The van der Waals surface area contributed by atoms with Gasteiger partial charge in [-0.1, -0.05) is 35.6 Å². The summed E-state index contributed by atoms with van der Waals surface area (Å²) >= 11 is 1.58. The van der Waals surface area contributed by atoms with E-state index in [1.807, 2.05) is 31.3 Å². The highest BCUT2D eigenvalue weighted by Gasteiger charge is 2.12. The van der Waals surface area contributed by atoms with Gasteiger partial charge >= 0.3 is 0 Å². The molecule has 3 rings (SSSR count). The number of fused-ring (bicyclic) bond motifs is 1. The maximum Gasteiger partial charge on any atom is 0.166 e. The molecule has 0 spiro atoms. The second-order valence-electron chi connectivity index (χ2n) is 4.35. The normalized spacial score (nSPS) is 12.7. The number of hydrogen-bond donors (Lipinski definition) is 1. The lowest BCUT2D eigenvalue weighted by molar-refractivity contribution is 0.640. The van der Waals surface area contributed by atoms with E-state index in [0.29, 0.717) is 0 Å². The van der Waals surface area contributed by atoms with Crippen molar-refractivity contribution >= 4 is 22.2 Å². The number of hydrogen-bond acceptors (Lipinski definition) is 5. The fourth-order valence-corrected chi connectivity index (χ4v) is 2.70. The van der Waals surface area contributed by atoms with Gasteiger partial charge in [0.25, 0.3) is 0 Å². The standard InChI is InChI=1S/C14H14N4S/c1-9(15-2)13-17-18-14(19-13)12-8-7-10-5-3-4-6-11(10)16-12/h3-9,15H,1-2H3. The first-order valence-electron chi connectivity index (χ1n) is 6.15. The van der Waals surface area contributed by atoms with E-state index >= 15 is 0 Å². The highest BCUT2D eigenvalue weighted by Crippen LogP contribution is 2.26. The number of para-hydroxylation sites is 1. The summed E-state index contributed by atoms with van der Waals surface area (Å²) in [6, 6.07) is 12.4. The van der Waals surface area contributed by atoms with Crippen LogP contribution in [0.15, 0.2) is 36.4 Å². The molecule has 0 aliphatic carbocycles. The average Bonchev–Trinajstić information content (AvgIpc) is 2.95. The smallest absolute Gasteiger partial charge is 0.166 e. The van der Waals surface area contributed by atoms with Crippen molar-refractivity contribution in [3.05, 3.63) is 41.4 Å². The zero-order valence-corrected chi connectivity index (χ0v) is 11.6. The molecule has 0 aliphatic heterocycles. The Balaban J connectivity index is 2.01. The Labute approximate surface area is 115 Å². The number of pyridine rings is 1. The number of rotatable bonds is 3. The Morgan fingerprint density at radius 2 is 1.95 bits per heavy atom. The SMILES string of the molecule is CNC(C)c1nnc(-c2ccc3ccccc3n2)s1. The molecule has 1 N–H and O–H groups in total. The monoisotopic (exact) mass is 270 g/mol. The van der Waals surface area contributed by atoms with Crippen LogP contribution in [-0.2, 0) is 0 Å². The second kappa shape index (κ2) is 5.03. The van der Waals surface area contributed by atoms with E-state index in [-0.39, 0.29) is 6.04 Å². The Hall–Kier alpha value is -1.85. The molecule has 5 heteroatoms. The van der Waals surface area contributed by atoms with Crippen LogP contribution in [0.1, 0.15) is 18.0 Å². The minimum absolute atomic E-state index is 0.215. The fourth-order valence-electron chi connectivity index (χ4n) is 1.82. The van der Waals surface area contributed by atoms with Crippen molar-refractivity contribution in [3.63, 3.8) is 0 Å². The molecule has 2 heterocycles. The van der Waals surface area contributed by atoms with Crippen LogP contribution in [0.25, 0.3) is 21.6 Å². The lowest BCUT2D eigenvalue weighted by Gasteiger charge is -2.03. The summed E-state index contributed by atoms with van der Waals surface area (Å²) in [6.45, 7) is 2.07. The van der Waals surface area contributed by atoms with E-state index in [4.69, 9.17) is 0 Å². The largest absolute Gasteiger partial charge is 0.311 e. The molecule has 0 bridgehead atoms. The summed E-state index contributed by atoms with van der Waals surface area (Å²) in [5.74, 6) is 0. The van der Waals surface area contributed by atoms with Crippen molar-refractivity contribution in [1.82, 2.24) is 20.5 Å². The molecular formula is C14H14N4S. The molecule has 1 aromatic carbocycles. The summed E-state index contributed by atoms with van der Waals surface area (Å²) in [7, 11) is 1.92. The van der Waals surface area contributed by atoms with Crippen molar-refractivity contribution in [3.8, 4) is 10.7 Å². The minimum atomic E-state index is 0.215. The van der Waals surface area contributed by atoms with Crippen LogP contribution >= 0.6 is 11.3 Å². The van der Waals surface area contributed by atoms with Crippen LogP contribution in [-0.4, -0.2) is 22.2 Å². The topological polar surface area (TPSA) is 50.7 Å². The maximum absolute atomic E-state index is 4.63. The van der Waals surface area contributed by atoms with Gasteiger partial charge in [0, 0.05) is 5.39 Å². The van der Waals surface area contributed by atoms with E-state index in [9.17, 15) is 0 Å². The predicted molar refractivity (Wildman–Crippen MR) is 78.1 cm³/mol. The molecule has 0 aliphatic rings. The van der Waals surface area contributed by atoms with Crippen LogP contribution < -0.4 is 5.32 Å². The van der Waals surface area contributed by atoms with Crippen LogP contribution in [0.2, 0.25) is 0 Å². The number of benzene rings is 1. The van der Waals surface area contributed by atoms with Gasteiger partial charge in [0.2, 0.25) is 0 Å². The van der Waals surface area contributed by atoms with Gasteiger partial charge in [-0.05, 0) is 26.1 Å². The third kappa shape index (κ3) is 2.34. The van der Waals surface area contributed by atoms with Gasteiger partial charge < -0.3 is 5.32 Å². The zero-order chi connectivity index (χ0) is 13.2. The molecule has 1 unspecified atom stereocenters. The molecule has 96 valence electrons. The Morgan fingerprint density at radius 1 is 1.11 bits per heavy atom. The van der Waals surface area contributed by atoms with Crippen molar-refractivity contribution in [2.24, 2.45) is 0 Å². The van der Waals surface area contributed by atoms with Crippen LogP contribution in [0.3, 0.4) is 0 Å². The van der Waals surface area contributed by atoms with Gasteiger partial charge in [-0.2, -0.15) is 0 Å². The Morgan fingerprint density at radius 3 is 2.79 bits per heavy atom. The van der Waals surface area contributed by atoms with Crippen molar-refractivity contribution < 1.29 is 0 Å². The predicted octanol–water partition coefficient (Wildman–Crippen LogP) is 3.03. The molecular weight excluding hydrogens is 256 g/mol. The van der Waals surface area contributed by atoms with E-state index in [1.54, 1.807) is 11.3 Å². The first-order chi connectivity index (χ1) is 9.28. The molecule has 1 atom stereocenters. The van der Waals surface area contributed by atoms with Crippen LogP contribution in [0.4, 0.5) is 0 Å². The maximum atomic E-state index is 4.63. The molecule has 19 heavy (non-hydrogen) atoms. The lowest BCUT2D eigenvalue weighted by Crippen LogP contribution is -2.11. The third-order valence-electron chi connectivity index (χ3n) is 3.06. The first kappa shape index (κ1) is 12.2. The molecule has 0 saturated carbocycles. The number of nitrogens with one attached hydrogen (secondary N) is 1. The molecule has 0 saturated heterocycles. The molecule has 0 radical (unpaired) electrons. The van der Waals surface area contributed by atoms with E-state index in [1.165, 1.54) is 0 Å². The molecule has 2 aromatic heterocycles. The molecule has 0 fully saturated rings. The molecule has 0 amide bonds. The van der Waals surface area contributed by atoms with Gasteiger partial charge in [0.15, 0.2) is 5.01 Å². The summed E-state index contributed by atoms with van der Waals surface area (Å²) in [6.07, 6.45) is 0. The second-order valence-corrected chi connectivity index (χ2v) is 5.35. The van der Waals surface area contributed by atoms with Crippen molar-refractivity contribution in [1.29, 1.82) is 0 Å². The quantitative estimate of drug-likeness (QED) is 0.794. The van der Waals surface area contributed by atoms with Gasteiger partial charge in [-0.25, -0.2) is 4.98 Å². The van der Waals surface area contributed by atoms with Crippen LogP contribution in [0.5, 0.6) is 0 Å². The van der Waals surface area contributed by atoms with Crippen LogP contribution in [0, 0.1) is 0 Å². The average molecular weight is 270 g/mol. The van der Waals surface area contributed by atoms with Gasteiger partial charge in [-0.3, -0.25) is 0 Å². The summed E-state index contributed by atoms with van der Waals surface area (Å²) in [5.41, 5.74) is 1.86. The van der Waals surface area contributed by atoms with E-state index in [2.05, 4.69) is 39.6 Å². The molecule has 4 nitrogen and oxygen atoms in total. The zero-order valence-electron chi connectivity index (χ0n) is 10.8. The Kier molecular flexibility index (Phi) is 3.23. The lowest BCUT2D eigenvalue weighted by atomic mass is 10.2. The summed E-state index contributed by atoms with van der Waals surface area (Å²) in [4.78, 5) is 4.63. The minimum Gasteiger partial charge on any atom is -0.311 e. The van der Waals surface area contributed by atoms with E-state index in [0.717, 1.165) is 26.6 Å². The van der Waals surface area contributed by atoms with E-state index < -0.39 is 0 Å². The summed E-state index contributed by atoms with van der Waals surface area (Å²) in [5, 5.41) is 14.6. The summed E-state index contributed by atoms with van der Waals surface area (Å²) < 4.78 is 0. The third-order valence-corrected chi connectivity index (χ3v) is 4.19. The Bertz CT molecular complexity index is 707. The van der Waals surface area contributed by atoms with Crippen molar-refractivity contribution in [2.75, 3.05) is 7.05 Å². The molecule has 3 aromatic rings. The van der Waals surface area contributed by atoms with Crippen molar-refractivity contribution in [2.45, 2.75) is 13.0 Å². The van der Waals surface area contributed by atoms with Gasteiger partial charge in [-0.15, -0.1) is 10.2 Å². The number of aromatic nitrogens is 3.